The van der Waals surface area contributed by atoms with Crippen LogP contribution in [0.5, 0.6) is 0 Å². The zero-order valence-corrected chi connectivity index (χ0v) is 17.3. The van der Waals surface area contributed by atoms with Crippen molar-refractivity contribution in [2.75, 3.05) is 14.2 Å². The van der Waals surface area contributed by atoms with Crippen LogP contribution < -0.4 is 0 Å². The van der Waals surface area contributed by atoms with Crippen LogP contribution in [0.1, 0.15) is 28.4 Å². The van der Waals surface area contributed by atoms with Gasteiger partial charge in [0.05, 0.1) is 25.7 Å². The molecule has 0 unspecified atom stereocenters. The molecule has 0 bridgehead atoms. The van der Waals surface area contributed by atoms with Crippen LogP contribution in [-0.2, 0) is 23.8 Å². The molecular formula is C18H16Br2O5. The molecule has 0 amide bonds. The van der Waals surface area contributed by atoms with Crippen LogP contribution in [-0.4, -0.2) is 26.2 Å². The van der Waals surface area contributed by atoms with Crippen molar-refractivity contribution in [3.8, 4) is 0 Å². The summed E-state index contributed by atoms with van der Waals surface area (Å²) in [5.74, 6) is -1.76. The molecule has 2 atom stereocenters. The highest BCUT2D eigenvalue weighted by Gasteiger charge is 2.46. The van der Waals surface area contributed by atoms with Gasteiger partial charge in [-0.05, 0) is 62.4 Å². The summed E-state index contributed by atoms with van der Waals surface area (Å²) in [5, 5.41) is 0. The summed E-state index contributed by atoms with van der Waals surface area (Å²) in [5.41, 5.74) is 4.20. The maximum absolute atomic E-state index is 12.3. The normalized spacial score (nSPS) is 20.7. The van der Waals surface area contributed by atoms with Gasteiger partial charge < -0.3 is 14.2 Å². The fourth-order valence-electron chi connectivity index (χ4n) is 3.34. The lowest BCUT2D eigenvalue weighted by Crippen LogP contribution is -2.20. The second-order valence-corrected chi connectivity index (χ2v) is 7.44. The van der Waals surface area contributed by atoms with Crippen LogP contribution in [0, 0.1) is 19.8 Å². The zero-order valence-electron chi connectivity index (χ0n) is 14.1. The second kappa shape index (κ2) is 6.61. The summed E-state index contributed by atoms with van der Waals surface area (Å²) in [7, 11) is 2.53. The third kappa shape index (κ3) is 2.64. The van der Waals surface area contributed by atoms with Crippen LogP contribution >= 0.6 is 31.9 Å². The molecule has 0 spiro atoms. The first-order chi connectivity index (χ1) is 11.8. The van der Waals surface area contributed by atoms with E-state index in [0.29, 0.717) is 0 Å². The van der Waals surface area contributed by atoms with Gasteiger partial charge in [-0.2, -0.15) is 0 Å². The second-order valence-electron chi connectivity index (χ2n) is 5.85. The molecule has 1 aliphatic heterocycles. The predicted molar refractivity (Wildman–Crippen MR) is 98.7 cm³/mol. The lowest BCUT2D eigenvalue weighted by atomic mass is 9.80. The number of hydrogen-bond donors (Lipinski definition) is 0. The van der Waals surface area contributed by atoms with Crippen molar-refractivity contribution in [2.24, 2.45) is 5.92 Å². The lowest BCUT2D eigenvalue weighted by molar-refractivity contribution is -0.142. The number of halogens is 2. The number of fused-ring (bicyclic) bond motifs is 3. The largest absolute Gasteiger partial charge is 0.477 e. The fraction of sp³-hybridized carbons (Fsp3) is 0.333. The van der Waals surface area contributed by atoms with Crippen molar-refractivity contribution in [3.63, 3.8) is 0 Å². The number of carbonyl (C=O) groups is 2. The minimum atomic E-state index is -0.685. The number of methoxy groups -OCH3 is 2. The van der Waals surface area contributed by atoms with Crippen molar-refractivity contribution in [3.05, 3.63) is 48.6 Å². The average Bonchev–Trinajstić information content (AvgIpc) is 3.02. The molecule has 132 valence electrons. The lowest BCUT2D eigenvalue weighted by Gasteiger charge is -2.28. The number of carbonyl (C=O) groups excluding carboxylic acids is 2. The Labute approximate surface area is 162 Å². The van der Waals surface area contributed by atoms with E-state index >= 15 is 0 Å². The van der Waals surface area contributed by atoms with Crippen LogP contribution in [0.2, 0.25) is 0 Å². The van der Waals surface area contributed by atoms with E-state index in [0.717, 1.165) is 31.2 Å². The molecule has 1 aromatic rings. The SMILES string of the molecule is COC(=O)C1=C(C(=O)OC)[C@H]2C=Cc3c(C)c(Br)c(Br)c(C)c3[C@H]2O1. The topological polar surface area (TPSA) is 61.8 Å². The molecule has 7 heteroatoms. The Morgan fingerprint density at radius 1 is 1.04 bits per heavy atom. The van der Waals surface area contributed by atoms with Crippen LogP contribution in [0.25, 0.3) is 6.08 Å². The van der Waals surface area contributed by atoms with E-state index in [4.69, 9.17) is 14.2 Å². The van der Waals surface area contributed by atoms with E-state index < -0.39 is 24.0 Å². The van der Waals surface area contributed by atoms with Crippen LogP contribution in [0.15, 0.2) is 26.4 Å². The molecule has 0 radical (unpaired) electrons. The van der Waals surface area contributed by atoms with Gasteiger partial charge in [0, 0.05) is 14.5 Å². The molecule has 0 saturated heterocycles. The maximum Gasteiger partial charge on any atom is 0.373 e. The predicted octanol–water partition coefficient (Wildman–Crippen LogP) is 4.14. The summed E-state index contributed by atoms with van der Waals surface area (Å²) < 4.78 is 17.5. The summed E-state index contributed by atoms with van der Waals surface area (Å²) in [6.45, 7) is 3.98. The molecule has 0 fully saturated rings. The first kappa shape index (κ1) is 18.2. The smallest absolute Gasteiger partial charge is 0.373 e. The van der Waals surface area contributed by atoms with E-state index in [-0.39, 0.29) is 11.3 Å². The Kier molecular flexibility index (Phi) is 4.81. The van der Waals surface area contributed by atoms with E-state index in [2.05, 4.69) is 31.9 Å². The monoisotopic (exact) mass is 470 g/mol. The standard InChI is InChI=1S/C18H16Br2O5/c1-7-9-5-6-10-12(17(21)23-3)16(18(22)24-4)25-15(10)11(9)8(2)14(20)13(7)19/h5-6,10,15H,1-4H3/t10-,15+/m1/s1. The third-order valence-electron chi connectivity index (χ3n) is 4.63. The Bertz CT molecular complexity index is 854. The zero-order chi connectivity index (χ0) is 18.5. The van der Waals surface area contributed by atoms with E-state index in [1.807, 2.05) is 26.0 Å². The highest BCUT2D eigenvalue weighted by Crippen LogP contribution is 2.51. The minimum absolute atomic E-state index is 0.0852. The third-order valence-corrected chi connectivity index (χ3v) is 7.14. The molecule has 1 aromatic carbocycles. The quantitative estimate of drug-likeness (QED) is 0.606. The molecular weight excluding hydrogens is 456 g/mol. The highest BCUT2D eigenvalue weighted by atomic mass is 79.9. The van der Waals surface area contributed by atoms with Gasteiger partial charge in [0.15, 0.2) is 0 Å². The van der Waals surface area contributed by atoms with Gasteiger partial charge in [0.2, 0.25) is 5.76 Å². The van der Waals surface area contributed by atoms with E-state index in [1.54, 1.807) is 0 Å². The molecule has 1 heterocycles. The highest BCUT2D eigenvalue weighted by molar-refractivity contribution is 9.13. The molecule has 0 aromatic heterocycles. The van der Waals surface area contributed by atoms with Gasteiger partial charge >= 0.3 is 11.9 Å². The summed E-state index contributed by atoms with van der Waals surface area (Å²) in [6, 6.07) is 0. The van der Waals surface area contributed by atoms with E-state index in [9.17, 15) is 9.59 Å². The minimum Gasteiger partial charge on any atom is -0.477 e. The van der Waals surface area contributed by atoms with Crippen molar-refractivity contribution in [1.82, 2.24) is 0 Å². The Balaban J connectivity index is 2.20. The van der Waals surface area contributed by atoms with Gasteiger partial charge in [0.25, 0.3) is 0 Å². The summed E-state index contributed by atoms with van der Waals surface area (Å²) in [6.07, 6.45) is 3.36. The molecule has 0 saturated carbocycles. The average molecular weight is 472 g/mol. The molecule has 3 rings (SSSR count). The van der Waals surface area contributed by atoms with Crippen LogP contribution in [0.4, 0.5) is 0 Å². The number of rotatable bonds is 2. The molecule has 0 N–H and O–H groups in total. The van der Waals surface area contributed by atoms with Gasteiger partial charge in [-0.3, -0.25) is 0 Å². The summed E-state index contributed by atoms with van der Waals surface area (Å²) in [4.78, 5) is 24.4. The van der Waals surface area contributed by atoms with E-state index in [1.165, 1.54) is 14.2 Å². The Morgan fingerprint density at radius 2 is 1.64 bits per heavy atom. The Morgan fingerprint density at radius 3 is 2.24 bits per heavy atom. The number of esters is 2. The number of benzene rings is 1. The van der Waals surface area contributed by atoms with Gasteiger partial charge in [-0.1, -0.05) is 12.2 Å². The fourth-order valence-corrected chi connectivity index (χ4v) is 4.36. The van der Waals surface area contributed by atoms with Gasteiger partial charge in [0.1, 0.15) is 6.10 Å². The first-order valence-electron chi connectivity index (χ1n) is 7.57. The summed E-state index contributed by atoms with van der Waals surface area (Å²) >= 11 is 7.19. The molecule has 2 aliphatic rings. The van der Waals surface area contributed by atoms with Crippen molar-refractivity contribution < 1.29 is 23.8 Å². The molecule has 1 aliphatic carbocycles. The van der Waals surface area contributed by atoms with Crippen molar-refractivity contribution in [2.45, 2.75) is 20.0 Å². The first-order valence-corrected chi connectivity index (χ1v) is 9.15. The van der Waals surface area contributed by atoms with Gasteiger partial charge in [-0.25, -0.2) is 9.59 Å². The maximum atomic E-state index is 12.3. The molecule has 5 nitrogen and oxygen atoms in total. The number of hydrogen-bond acceptors (Lipinski definition) is 5. The van der Waals surface area contributed by atoms with Crippen molar-refractivity contribution in [1.29, 1.82) is 0 Å². The van der Waals surface area contributed by atoms with Crippen molar-refractivity contribution >= 4 is 49.9 Å². The number of ether oxygens (including phenoxy) is 3. The van der Waals surface area contributed by atoms with Gasteiger partial charge in [-0.15, -0.1) is 0 Å². The molecule has 25 heavy (non-hydrogen) atoms. The Hall–Kier alpha value is -1.60. The van der Waals surface area contributed by atoms with Crippen LogP contribution in [0.3, 0.4) is 0 Å².